The molecule has 1 nitrogen and oxygen atoms in total. The Balaban J connectivity index is 1.83. The first-order chi connectivity index (χ1) is 8.89. The van der Waals surface area contributed by atoms with Crippen molar-refractivity contribution in [1.29, 1.82) is 0 Å². The van der Waals surface area contributed by atoms with E-state index in [4.69, 9.17) is 4.74 Å². The Morgan fingerprint density at radius 1 is 1.11 bits per heavy atom. The highest BCUT2D eigenvalue weighted by Crippen LogP contribution is 2.64. The first-order valence-corrected chi connectivity index (χ1v) is 7.68. The van der Waals surface area contributed by atoms with E-state index in [1.54, 1.807) is 11.1 Å². The van der Waals surface area contributed by atoms with Gasteiger partial charge in [0.15, 0.2) is 0 Å². The van der Waals surface area contributed by atoms with Crippen LogP contribution in [0.5, 0.6) is 5.75 Å². The molecule has 1 spiro atoms. The van der Waals surface area contributed by atoms with Crippen molar-refractivity contribution in [2.24, 2.45) is 11.8 Å². The van der Waals surface area contributed by atoms with E-state index >= 15 is 0 Å². The molecule has 2 saturated carbocycles. The molecule has 4 atom stereocenters. The molecule has 4 aliphatic rings. The predicted molar refractivity (Wildman–Crippen MR) is 70.9 cm³/mol. The molecule has 94 valence electrons. The average Bonchev–Trinajstić information content (AvgIpc) is 2.70. The van der Waals surface area contributed by atoms with E-state index in [9.17, 15) is 0 Å². The molecule has 18 heavy (non-hydrogen) atoms. The van der Waals surface area contributed by atoms with Crippen LogP contribution in [0.15, 0.2) is 18.2 Å². The van der Waals surface area contributed by atoms with Crippen molar-refractivity contribution in [2.75, 3.05) is 0 Å². The quantitative estimate of drug-likeness (QED) is 0.669. The summed E-state index contributed by atoms with van der Waals surface area (Å²) in [5.74, 6) is 3.12. The smallest absolute Gasteiger partial charge is 0.123 e. The molecule has 0 radical (unpaired) electrons. The first-order valence-electron chi connectivity index (χ1n) is 7.68. The largest absolute Gasteiger partial charge is 0.489 e. The van der Waals surface area contributed by atoms with Crippen molar-refractivity contribution in [1.82, 2.24) is 0 Å². The van der Waals surface area contributed by atoms with Crippen molar-refractivity contribution in [2.45, 2.75) is 56.5 Å². The lowest BCUT2D eigenvalue weighted by Gasteiger charge is -2.54. The Labute approximate surface area is 109 Å². The lowest BCUT2D eigenvalue weighted by molar-refractivity contribution is -0.0139. The highest BCUT2D eigenvalue weighted by Gasteiger charge is 2.61. The fourth-order valence-corrected chi connectivity index (χ4v) is 5.83. The lowest BCUT2D eigenvalue weighted by Crippen LogP contribution is -2.55. The Bertz CT molecular complexity index is 520. The van der Waals surface area contributed by atoms with Crippen molar-refractivity contribution in [3.8, 4) is 5.75 Å². The molecule has 1 heteroatoms. The fraction of sp³-hybridized carbons (Fsp3) is 0.647. The summed E-state index contributed by atoms with van der Waals surface area (Å²) in [5.41, 5.74) is 3.71. The van der Waals surface area contributed by atoms with Crippen LogP contribution < -0.4 is 4.74 Å². The summed E-state index contributed by atoms with van der Waals surface area (Å²) >= 11 is 0. The molecule has 1 aromatic carbocycles. The second kappa shape index (κ2) is 3.12. The summed E-state index contributed by atoms with van der Waals surface area (Å²) in [4.78, 5) is 0. The molecule has 5 rings (SSSR count). The highest BCUT2D eigenvalue weighted by atomic mass is 16.5. The van der Waals surface area contributed by atoms with Gasteiger partial charge in [-0.3, -0.25) is 0 Å². The fourth-order valence-electron chi connectivity index (χ4n) is 5.83. The summed E-state index contributed by atoms with van der Waals surface area (Å²) < 4.78 is 6.38. The zero-order chi connectivity index (χ0) is 11.7. The van der Waals surface area contributed by atoms with Crippen LogP contribution in [0.1, 0.15) is 49.7 Å². The third-order valence-corrected chi connectivity index (χ3v) is 6.28. The minimum atomic E-state index is 0.436. The van der Waals surface area contributed by atoms with Crippen LogP contribution in [0.25, 0.3) is 0 Å². The Kier molecular flexibility index (Phi) is 1.72. The van der Waals surface area contributed by atoms with Crippen LogP contribution in [0.4, 0.5) is 0 Å². The maximum Gasteiger partial charge on any atom is 0.123 e. The van der Waals surface area contributed by atoms with Crippen LogP contribution >= 0.6 is 0 Å². The number of benzene rings is 1. The van der Waals surface area contributed by atoms with Crippen LogP contribution in [-0.4, -0.2) is 6.10 Å². The first kappa shape index (κ1) is 9.89. The van der Waals surface area contributed by atoms with Crippen LogP contribution in [0.2, 0.25) is 0 Å². The summed E-state index contributed by atoms with van der Waals surface area (Å²) in [6, 6.07) is 6.80. The maximum atomic E-state index is 6.38. The van der Waals surface area contributed by atoms with Gasteiger partial charge in [0.2, 0.25) is 0 Å². The van der Waals surface area contributed by atoms with Gasteiger partial charge in [-0.25, -0.2) is 0 Å². The molecule has 0 N–H and O–H groups in total. The summed E-state index contributed by atoms with van der Waals surface area (Å²) in [6.45, 7) is 0. The molecule has 0 aromatic heterocycles. The second-order valence-electron chi connectivity index (χ2n) is 6.83. The molecule has 2 fully saturated rings. The molecule has 2 bridgehead atoms. The zero-order valence-corrected chi connectivity index (χ0v) is 10.8. The third kappa shape index (κ3) is 0.941. The van der Waals surface area contributed by atoms with Gasteiger partial charge in [-0.15, -0.1) is 0 Å². The molecular weight excluding hydrogens is 220 g/mol. The standard InChI is InChI=1S/C17H20O/c1-4-12-10-11-5-3-9-17-13(11)6-2-8-15(17)18-14(7-1)16(12)17/h1,4,7,11,13,15H,2-3,5-6,8-10H2/t11-,13?,15+,17-/m1/s1. The Morgan fingerprint density at radius 2 is 2.11 bits per heavy atom. The summed E-state index contributed by atoms with van der Waals surface area (Å²) in [6.07, 6.45) is 10.2. The number of hydrogen-bond acceptors (Lipinski definition) is 1. The van der Waals surface area contributed by atoms with Crippen LogP contribution in [0, 0.1) is 11.8 Å². The Hall–Kier alpha value is -0.980. The topological polar surface area (TPSA) is 9.23 Å². The number of rotatable bonds is 0. The summed E-state index contributed by atoms with van der Waals surface area (Å²) in [5, 5.41) is 0. The lowest BCUT2D eigenvalue weighted by atomic mass is 9.48. The normalized spacial score (nSPS) is 43.2. The summed E-state index contributed by atoms with van der Waals surface area (Å²) in [7, 11) is 0. The van der Waals surface area contributed by atoms with E-state index in [1.165, 1.54) is 50.7 Å². The van der Waals surface area contributed by atoms with E-state index in [2.05, 4.69) is 18.2 Å². The predicted octanol–water partition coefficient (Wildman–Crippen LogP) is 3.84. The van der Waals surface area contributed by atoms with Gasteiger partial charge in [-0.05, 0) is 62.0 Å². The van der Waals surface area contributed by atoms with Crippen molar-refractivity contribution in [3.05, 3.63) is 29.3 Å². The molecule has 1 aromatic rings. The van der Waals surface area contributed by atoms with Crippen molar-refractivity contribution >= 4 is 0 Å². The Morgan fingerprint density at radius 3 is 3.11 bits per heavy atom. The molecule has 0 saturated heterocycles. The van der Waals surface area contributed by atoms with E-state index in [1.807, 2.05) is 0 Å². The molecule has 3 aliphatic carbocycles. The minimum absolute atomic E-state index is 0.436. The maximum absolute atomic E-state index is 6.38. The van der Waals surface area contributed by atoms with Crippen LogP contribution in [0.3, 0.4) is 0 Å². The van der Waals surface area contributed by atoms with Gasteiger partial charge in [0, 0.05) is 11.0 Å². The molecule has 0 amide bonds. The van der Waals surface area contributed by atoms with Gasteiger partial charge in [-0.2, -0.15) is 0 Å². The molecule has 1 unspecified atom stereocenters. The van der Waals surface area contributed by atoms with E-state index in [0.717, 1.165) is 11.8 Å². The monoisotopic (exact) mass is 240 g/mol. The van der Waals surface area contributed by atoms with E-state index in [0.29, 0.717) is 11.5 Å². The minimum Gasteiger partial charge on any atom is -0.489 e. The SMILES string of the molecule is c1cc2c3c(c1)O[C@H]1CCCC4[C@H](CCC[C@@]341)C2. The van der Waals surface area contributed by atoms with Crippen LogP contribution in [-0.2, 0) is 11.8 Å². The zero-order valence-electron chi connectivity index (χ0n) is 10.8. The van der Waals surface area contributed by atoms with Gasteiger partial charge in [-0.1, -0.05) is 18.6 Å². The van der Waals surface area contributed by atoms with Gasteiger partial charge in [0.1, 0.15) is 11.9 Å². The van der Waals surface area contributed by atoms with Gasteiger partial charge in [0.25, 0.3) is 0 Å². The average molecular weight is 240 g/mol. The van der Waals surface area contributed by atoms with Gasteiger partial charge < -0.3 is 4.74 Å². The number of ether oxygens (including phenoxy) is 1. The third-order valence-electron chi connectivity index (χ3n) is 6.28. The molecule has 1 aliphatic heterocycles. The second-order valence-corrected chi connectivity index (χ2v) is 6.83. The van der Waals surface area contributed by atoms with Gasteiger partial charge >= 0.3 is 0 Å². The van der Waals surface area contributed by atoms with Crippen molar-refractivity contribution < 1.29 is 4.74 Å². The molecule has 1 heterocycles. The highest BCUT2D eigenvalue weighted by molar-refractivity contribution is 5.53. The number of hydrogen-bond donors (Lipinski definition) is 0. The van der Waals surface area contributed by atoms with Crippen molar-refractivity contribution in [3.63, 3.8) is 0 Å². The van der Waals surface area contributed by atoms with E-state index in [-0.39, 0.29) is 0 Å². The van der Waals surface area contributed by atoms with E-state index < -0.39 is 0 Å². The van der Waals surface area contributed by atoms with Gasteiger partial charge in [0.05, 0.1) is 0 Å². The molecular formula is C17H20O.